The van der Waals surface area contributed by atoms with E-state index in [1.807, 2.05) is 0 Å². The summed E-state index contributed by atoms with van der Waals surface area (Å²) in [6.45, 7) is 1.36. The van der Waals surface area contributed by atoms with Gasteiger partial charge >= 0.3 is 6.18 Å². The molecule has 0 bridgehead atoms. The molecule has 1 heterocycles. The minimum Gasteiger partial charge on any atom is -0.332 e. The molecule has 0 aromatic heterocycles. The molecule has 0 spiro atoms. The predicted molar refractivity (Wildman–Crippen MR) is 105 cm³/mol. The SMILES string of the molecule is C[C@@H]1CC(=O)Nc2ccccc2N1C(=O)CN(C)C(=O)c1cccc(C(F)(F)F)c1. The minimum atomic E-state index is -4.57. The normalized spacial score (nSPS) is 16.4. The van der Waals surface area contributed by atoms with Crippen LogP contribution in [0.25, 0.3) is 0 Å². The number of hydrogen-bond donors (Lipinski definition) is 1. The Bertz CT molecular complexity index is 991. The van der Waals surface area contributed by atoms with Crippen molar-refractivity contribution in [3.05, 3.63) is 59.7 Å². The number of alkyl halides is 3. The molecule has 2 aromatic rings. The van der Waals surface area contributed by atoms with Crippen LogP contribution in [0.4, 0.5) is 24.5 Å². The molecule has 6 nitrogen and oxygen atoms in total. The van der Waals surface area contributed by atoms with Gasteiger partial charge in [0.2, 0.25) is 11.8 Å². The third-order valence-corrected chi connectivity index (χ3v) is 4.78. The maximum absolute atomic E-state index is 13.0. The fourth-order valence-corrected chi connectivity index (χ4v) is 3.37. The van der Waals surface area contributed by atoms with Crippen LogP contribution in [0.3, 0.4) is 0 Å². The Balaban J connectivity index is 1.81. The second-order valence-corrected chi connectivity index (χ2v) is 7.12. The highest BCUT2D eigenvalue weighted by Gasteiger charge is 2.33. The van der Waals surface area contributed by atoms with E-state index in [1.165, 1.54) is 18.0 Å². The summed E-state index contributed by atoms with van der Waals surface area (Å²) in [5, 5.41) is 2.74. The Hall–Kier alpha value is -3.36. The molecule has 1 aliphatic heterocycles. The van der Waals surface area contributed by atoms with Gasteiger partial charge in [-0.25, -0.2) is 0 Å². The summed E-state index contributed by atoms with van der Waals surface area (Å²) < 4.78 is 38.8. The molecule has 3 rings (SSSR count). The highest BCUT2D eigenvalue weighted by molar-refractivity contribution is 6.06. The third-order valence-electron chi connectivity index (χ3n) is 4.78. The molecule has 1 N–H and O–H groups in total. The lowest BCUT2D eigenvalue weighted by atomic mass is 10.1. The molecule has 0 fully saturated rings. The topological polar surface area (TPSA) is 69.7 Å². The fraction of sp³-hybridized carbons (Fsp3) is 0.286. The quantitative estimate of drug-likeness (QED) is 0.828. The van der Waals surface area contributed by atoms with Crippen LogP contribution < -0.4 is 10.2 Å². The van der Waals surface area contributed by atoms with Crippen LogP contribution >= 0.6 is 0 Å². The van der Waals surface area contributed by atoms with Crippen LogP contribution in [0.5, 0.6) is 0 Å². The van der Waals surface area contributed by atoms with E-state index in [4.69, 9.17) is 0 Å². The summed E-state index contributed by atoms with van der Waals surface area (Å²) in [7, 11) is 1.35. The van der Waals surface area contributed by atoms with Crippen molar-refractivity contribution in [3.8, 4) is 0 Å². The number of hydrogen-bond acceptors (Lipinski definition) is 3. The van der Waals surface area contributed by atoms with E-state index in [9.17, 15) is 27.6 Å². The van der Waals surface area contributed by atoms with Gasteiger partial charge < -0.3 is 15.1 Å². The summed E-state index contributed by atoms with van der Waals surface area (Å²) in [6.07, 6.45) is -4.50. The highest BCUT2D eigenvalue weighted by Crippen LogP contribution is 2.32. The van der Waals surface area contributed by atoms with Crippen LogP contribution in [-0.2, 0) is 15.8 Å². The molecule has 1 atom stereocenters. The zero-order valence-electron chi connectivity index (χ0n) is 16.4. The molecule has 0 saturated heterocycles. The number of anilines is 2. The summed E-state index contributed by atoms with van der Waals surface area (Å²) in [4.78, 5) is 40.2. The number of carbonyl (C=O) groups excluding carboxylic acids is 3. The first-order chi connectivity index (χ1) is 14.1. The first-order valence-electron chi connectivity index (χ1n) is 9.21. The van der Waals surface area contributed by atoms with Crippen LogP contribution in [0.2, 0.25) is 0 Å². The van der Waals surface area contributed by atoms with Gasteiger partial charge in [-0.2, -0.15) is 13.2 Å². The smallest absolute Gasteiger partial charge is 0.332 e. The number of fused-ring (bicyclic) bond motifs is 1. The van der Waals surface area contributed by atoms with Gasteiger partial charge in [0, 0.05) is 25.1 Å². The number of halogens is 3. The van der Waals surface area contributed by atoms with E-state index in [0.717, 1.165) is 23.1 Å². The number of amides is 3. The van der Waals surface area contributed by atoms with Gasteiger partial charge in [-0.05, 0) is 37.3 Å². The van der Waals surface area contributed by atoms with Gasteiger partial charge in [0.1, 0.15) is 6.54 Å². The zero-order chi connectivity index (χ0) is 22.1. The van der Waals surface area contributed by atoms with E-state index in [2.05, 4.69) is 5.32 Å². The van der Waals surface area contributed by atoms with Gasteiger partial charge in [-0.1, -0.05) is 18.2 Å². The first-order valence-corrected chi connectivity index (χ1v) is 9.21. The lowest BCUT2D eigenvalue weighted by Gasteiger charge is -2.29. The number of likely N-dealkylation sites (N-methyl/N-ethyl adjacent to an activating group) is 1. The third kappa shape index (κ3) is 4.45. The minimum absolute atomic E-state index is 0.0751. The molecule has 1 aliphatic rings. The van der Waals surface area contributed by atoms with Crippen molar-refractivity contribution in [2.75, 3.05) is 23.8 Å². The van der Waals surface area contributed by atoms with Gasteiger partial charge in [0.25, 0.3) is 5.91 Å². The van der Waals surface area contributed by atoms with Crippen molar-refractivity contribution in [1.29, 1.82) is 0 Å². The molecule has 0 radical (unpaired) electrons. The summed E-state index contributed by atoms with van der Waals surface area (Å²) >= 11 is 0. The molecule has 3 amide bonds. The Morgan fingerprint density at radius 3 is 2.57 bits per heavy atom. The maximum Gasteiger partial charge on any atom is 0.416 e. The van der Waals surface area contributed by atoms with Gasteiger partial charge in [0.15, 0.2) is 0 Å². The second-order valence-electron chi connectivity index (χ2n) is 7.12. The zero-order valence-corrected chi connectivity index (χ0v) is 16.4. The van der Waals surface area contributed by atoms with Crippen molar-refractivity contribution >= 4 is 29.1 Å². The molecular weight excluding hydrogens is 399 g/mol. The molecule has 0 unspecified atom stereocenters. The standard InChI is InChI=1S/C21H20F3N3O3/c1-13-10-18(28)25-16-8-3-4-9-17(16)27(13)19(29)12-26(2)20(30)14-6-5-7-15(11-14)21(22,23)24/h3-9,11,13H,10,12H2,1-2H3,(H,25,28)/t13-/m1/s1. The Kier molecular flexibility index (Phi) is 5.82. The van der Waals surface area contributed by atoms with Crippen molar-refractivity contribution in [2.45, 2.75) is 25.6 Å². The summed E-state index contributed by atoms with van der Waals surface area (Å²) in [6, 6.07) is 10.4. The van der Waals surface area contributed by atoms with E-state index >= 15 is 0 Å². The average molecular weight is 419 g/mol. The van der Waals surface area contributed by atoms with Gasteiger partial charge in [-0.3, -0.25) is 14.4 Å². The van der Waals surface area contributed by atoms with Crippen LogP contribution in [0.1, 0.15) is 29.3 Å². The number of nitrogens with zero attached hydrogens (tertiary/aromatic N) is 2. The molecule has 0 aliphatic carbocycles. The number of rotatable bonds is 3. The fourth-order valence-electron chi connectivity index (χ4n) is 3.37. The second kappa shape index (κ2) is 8.17. The molecular formula is C21H20F3N3O3. The van der Waals surface area contributed by atoms with Crippen molar-refractivity contribution in [1.82, 2.24) is 4.90 Å². The highest BCUT2D eigenvalue weighted by atomic mass is 19.4. The predicted octanol–water partition coefficient (Wildman–Crippen LogP) is 3.54. The largest absolute Gasteiger partial charge is 0.416 e. The Morgan fingerprint density at radius 1 is 1.17 bits per heavy atom. The Labute approximate surface area is 171 Å². The lowest BCUT2D eigenvalue weighted by molar-refractivity contribution is -0.137. The van der Waals surface area contributed by atoms with Crippen LogP contribution in [0.15, 0.2) is 48.5 Å². The average Bonchev–Trinajstić information content (AvgIpc) is 2.80. The Morgan fingerprint density at radius 2 is 1.87 bits per heavy atom. The molecule has 30 heavy (non-hydrogen) atoms. The monoisotopic (exact) mass is 419 g/mol. The number of para-hydroxylation sites is 2. The molecule has 9 heteroatoms. The first kappa shape index (κ1) is 21.4. The molecule has 2 aromatic carbocycles. The van der Waals surface area contributed by atoms with E-state index in [1.54, 1.807) is 31.2 Å². The van der Waals surface area contributed by atoms with Crippen LogP contribution in [0, 0.1) is 0 Å². The van der Waals surface area contributed by atoms with E-state index in [0.29, 0.717) is 11.4 Å². The van der Waals surface area contributed by atoms with Gasteiger partial charge in [0.05, 0.1) is 16.9 Å². The summed E-state index contributed by atoms with van der Waals surface area (Å²) in [5.41, 5.74) is -0.123. The number of benzene rings is 2. The lowest BCUT2D eigenvalue weighted by Crippen LogP contribution is -2.45. The van der Waals surface area contributed by atoms with Gasteiger partial charge in [-0.15, -0.1) is 0 Å². The van der Waals surface area contributed by atoms with Crippen molar-refractivity contribution < 1.29 is 27.6 Å². The van der Waals surface area contributed by atoms with E-state index in [-0.39, 0.29) is 24.4 Å². The van der Waals surface area contributed by atoms with E-state index < -0.39 is 29.6 Å². The molecule has 158 valence electrons. The molecule has 0 saturated carbocycles. The van der Waals surface area contributed by atoms with Crippen molar-refractivity contribution in [2.24, 2.45) is 0 Å². The number of carbonyl (C=O) groups is 3. The number of nitrogens with one attached hydrogen (secondary N) is 1. The van der Waals surface area contributed by atoms with Crippen LogP contribution in [-0.4, -0.2) is 42.3 Å². The summed E-state index contributed by atoms with van der Waals surface area (Å²) in [5.74, 6) is -1.40. The maximum atomic E-state index is 13.0. The van der Waals surface area contributed by atoms with Crippen molar-refractivity contribution in [3.63, 3.8) is 0 Å².